The Balaban J connectivity index is 1.40. The standard InChI is InChI=1S/C25H28N8O/c1-33(2)14-10-22(20-6-4-11-27-16-20)29-25(34)19-5-3-7-21(15-19)28-17-23-30-24(32-31-23)18-8-12-26-13-9-18/h3-9,11-13,15-16,22,28H,10,14,17H2,1-2H3,(H,29,34)(H,30,31,32). The van der Waals surface area contributed by atoms with Crippen molar-refractivity contribution in [2.75, 3.05) is 26.0 Å². The van der Waals surface area contributed by atoms with E-state index in [1.165, 1.54) is 0 Å². The normalized spacial score (nSPS) is 11.9. The Labute approximate surface area is 198 Å². The fraction of sp³-hybridized carbons (Fsp3) is 0.240. The van der Waals surface area contributed by atoms with E-state index in [2.05, 4.69) is 40.7 Å². The van der Waals surface area contributed by atoms with Gasteiger partial charge in [0.2, 0.25) is 0 Å². The lowest BCUT2D eigenvalue weighted by Gasteiger charge is -2.21. The second-order valence-electron chi connectivity index (χ2n) is 8.18. The van der Waals surface area contributed by atoms with Crippen molar-refractivity contribution in [3.05, 3.63) is 90.3 Å². The van der Waals surface area contributed by atoms with Crippen LogP contribution in [-0.2, 0) is 6.54 Å². The molecule has 0 saturated heterocycles. The number of aromatic nitrogens is 5. The Morgan fingerprint density at radius 2 is 1.91 bits per heavy atom. The molecule has 9 nitrogen and oxygen atoms in total. The number of pyridine rings is 2. The van der Waals surface area contributed by atoms with Crippen molar-refractivity contribution >= 4 is 11.6 Å². The van der Waals surface area contributed by atoms with Crippen LogP contribution in [0.4, 0.5) is 5.69 Å². The van der Waals surface area contributed by atoms with E-state index in [0.29, 0.717) is 23.8 Å². The first-order valence-corrected chi connectivity index (χ1v) is 11.1. The number of anilines is 1. The topological polar surface area (TPSA) is 112 Å². The van der Waals surface area contributed by atoms with Gasteiger partial charge in [-0.2, -0.15) is 5.10 Å². The third-order valence-corrected chi connectivity index (χ3v) is 5.31. The van der Waals surface area contributed by atoms with Crippen molar-refractivity contribution < 1.29 is 4.79 Å². The van der Waals surface area contributed by atoms with Crippen molar-refractivity contribution in [1.29, 1.82) is 0 Å². The molecule has 4 rings (SSSR count). The van der Waals surface area contributed by atoms with Gasteiger partial charge in [0.1, 0.15) is 5.82 Å². The molecule has 174 valence electrons. The fourth-order valence-electron chi connectivity index (χ4n) is 3.49. The van der Waals surface area contributed by atoms with Gasteiger partial charge in [0.25, 0.3) is 5.91 Å². The molecule has 1 atom stereocenters. The molecule has 0 saturated carbocycles. The van der Waals surface area contributed by atoms with Crippen LogP contribution in [0.1, 0.15) is 34.2 Å². The summed E-state index contributed by atoms with van der Waals surface area (Å²) >= 11 is 0. The highest BCUT2D eigenvalue weighted by Gasteiger charge is 2.17. The first kappa shape index (κ1) is 23.1. The van der Waals surface area contributed by atoms with Crippen LogP contribution in [-0.4, -0.2) is 56.6 Å². The predicted molar refractivity (Wildman–Crippen MR) is 131 cm³/mol. The smallest absolute Gasteiger partial charge is 0.251 e. The molecule has 9 heteroatoms. The highest BCUT2D eigenvalue weighted by atomic mass is 16.1. The summed E-state index contributed by atoms with van der Waals surface area (Å²) in [7, 11) is 4.04. The van der Waals surface area contributed by atoms with Crippen LogP contribution < -0.4 is 10.6 Å². The predicted octanol–water partition coefficient (Wildman–Crippen LogP) is 3.30. The van der Waals surface area contributed by atoms with Crippen LogP contribution in [0.2, 0.25) is 0 Å². The zero-order valence-corrected chi connectivity index (χ0v) is 19.3. The van der Waals surface area contributed by atoms with E-state index in [1.807, 2.05) is 62.6 Å². The fourth-order valence-corrected chi connectivity index (χ4v) is 3.49. The van der Waals surface area contributed by atoms with E-state index in [9.17, 15) is 4.79 Å². The number of nitrogens with zero attached hydrogens (tertiary/aromatic N) is 5. The van der Waals surface area contributed by atoms with Gasteiger partial charge in [0.05, 0.1) is 12.6 Å². The van der Waals surface area contributed by atoms with Crippen molar-refractivity contribution in [2.45, 2.75) is 19.0 Å². The quantitative estimate of drug-likeness (QED) is 0.336. The molecule has 0 aliphatic rings. The number of amides is 1. The molecule has 3 aromatic heterocycles. The second-order valence-corrected chi connectivity index (χ2v) is 8.18. The van der Waals surface area contributed by atoms with Gasteiger partial charge in [-0.15, -0.1) is 0 Å². The molecule has 0 spiro atoms. The molecule has 4 aromatic rings. The van der Waals surface area contributed by atoms with Gasteiger partial charge in [-0.3, -0.25) is 19.9 Å². The summed E-state index contributed by atoms with van der Waals surface area (Å²) in [6.45, 7) is 1.30. The van der Waals surface area contributed by atoms with Crippen LogP contribution >= 0.6 is 0 Å². The maximum Gasteiger partial charge on any atom is 0.251 e. The second kappa shape index (κ2) is 11.2. The molecule has 3 heterocycles. The lowest BCUT2D eigenvalue weighted by Crippen LogP contribution is -2.31. The first-order chi connectivity index (χ1) is 16.6. The van der Waals surface area contributed by atoms with Crippen LogP contribution in [0.3, 0.4) is 0 Å². The van der Waals surface area contributed by atoms with Crippen LogP contribution in [0.15, 0.2) is 73.3 Å². The average molecular weight is 457 g/mol. The average Bonchev–Trinajstić information content (AvgIpc) is 3.35. The number of hydrogen-bond donors (Lipinski definition) is 3. The molecule has 0 radical (unpaired) electrons. The lowest BCUT2D eigenvalue weighted by molar-refractivity contribution is 0.0932. The third-order valence-electron chi connectivity index (χ3n) is 5.31. The molecule has 0 aliphatic carbocycles. The van der Waals surface area contributed by atoms with Crippen molar-refractivity contribution in [2.24, 2.45) is 0 Å². The Morgan fingerprint density at radius 3 is 2.68 bits per heavy atom. The highest BCUT2D eigenvalue weighted by Crippen LogP contribution is 2.19. The number of benzene rings is 1. The van der Waals surface area contributed by atoms with Gasteiger partial charge in [-0.25, -0.2) is 4.98 Å². The Bertz CT molecular complexity index is 1190. The van der Waals surface area contributed by atoms with Gasteiger partial charge in [0.15, 0.2) is 5.82 Å². The molecular weight excluding hydrogens is 428 g/mol. The zero-order valence-electron chi connectivity index (χ0n) is 19.3. The van der Waals surface area contributed by atoms with Gasteiger partial charge >= 0.3 is 0 Å². The Hall–Kier alpha value is -4.11. The monoisotopic (exact) mass is 456 g/mol. The largest absolute Gasteiger partial charge is 0.378 e. The number of carbonyl (C=O) groups is 1. The van der Waals surface area contributed by atoms with Gasteiger partial charge in [-0.1, -0.05) is 12.1 Å². The minimum absolute atomic E-state index is 0.124. The van der Waals surface area contributed by atoms with Crippen LogP contribution in [0.5, 0.6) is 0 Å². The molecular formula is C25H28N8O. The molecule has 3 N–H and O–H groups in total. The number of carbonyl (C=O) groups excluding carboxylic acids is 1. The summed E-state index contributed by atoms with van der Waals surface area (Å²) in [6.07, 6.45) is 7.74. The summed E-state index contributed by atoms with van der Waals surface area (Å²) in [5.41, 5.74) is 3.29. The molecule has 1 amide bonds. The van der Waals surface area contributed by atoms with E-state index in [1.54, 1.807) is 24.8 Å². The maximum absolute atomic E-state index is 13.1. The van der Waals surface area contributed by atoms with E-state index in [0.717, 1.165) is 29.8 Å². The summed E-state index contributed by atoms with van der Waals surface area (Å²) in [4.78, 5) is 27.9. The van der Waals surface area contributed by atoms with Crippen molar-refractivity contribution in [3.8, 4) is 11.4 Å². The summed E-state index contributed by atoms with van der Waals surface area (Å²) in [5.74, 6) is 1.18. The van der Waals surface area contributed by atoms with Gasteiger partial charge in [-0.05, 0) is 69.0 Å². The zero-order chi connectivity index (χ0) is 23.8. The number of nitrogens with one attached hydrogen (secondary N) is 3. The van der Waals surface area contributed by atoms with E-state index in [4.69, 9.17) is 0 Å². The number of hydrogen-bond acceptors (Lipinski definition) is 7. The van der Waals surface area contributed by atoms with Gasteiger partial charge < -0.3 is 15.5 Å². The van der Waals surface area contributed by atoms with Crippen molar-refractivity contribution in [1.82, 2.24) is 35.4 Å². The minimum atomic E-state index is -0.129. The molecule has 0 aliphatic heterocycles. The van der Waals surface area contributed by atoms with E-state index in [-0.39, 0.29) is 11.9 Å². The number of aromatic amines is 1. The maximum atomic E-state index is 13.1. The first-order valence-electron chi connectivity index (χ1n) is 11.1. The molecule has 1 unspecified atom stereocenters. The SMILES string of the molecule is CN(C)CCC(NC(=O)c1cccc(NCc2nc(-c3ccncc3)n[nH]2)c1)c1cccnc1. The van der Waals surface area contributed by atoms with E-state index < -0.39 is 0 Å². The molecule has 34 heavy (non-hydrogen) atoms. The summed E-state index contributed by atoms with van der Waals surface area (Å²) in [5, 5.41) is 13.7. The molecule has 0 bridgehead atoms. The Morgan fingerprint density at radius 1 is 1.06 bits per heavy atom. The Kier molecular flexibility index (Phi) is 7.56. The van der Waals surface area contributed by atoms with Crippen LogP contribution in [0, 0.1) is 0 Å². The number of H-pyrrole nitrogens is 1. The minimum Gasteiger partial charge on any atom is -0.378 e. The highest BCUT2D eigenvalue weighted by molar-refractivity contribution is 5.95. The lowest BCUT2D eigenvalue weighted by atomic mass is 10.0. The molecule has 1 aromatic carbocycles. The third kappa shape index (κ3) is 6.23. The van der Waals surface area contributed by atoms with Crippen LogP contribution in [0.25, 0.3) is 11.4 Å². The number of rotatable bonds is 10. The van der Waals surface area contributed by atoms with Gasteiger partial charge in [0, 0.05) is 41.6 Å². The summed E-state index contributed by atoms with van der Waals surface area (Å²) in [6, 6.07) is 14.9. The molecule has 0 fully saturated rings. The summed E-state index contributed by atoms with van der Waals surface area (Å²) < 4.78 is 0. The van der Waals surface area contributed by atoms with Crippen molar-refractivity contribution in [3.63, 3.8) is 0 Å². The van der Waals surface area contributed by atoms with E-state index >= 15 is 0 Å².